The number of hydrogen-bond donors (Lipinski definition) is 0. The third-order valence-corrected chi connectivity index (χ3v) is 2.60. The molecule has 0 unspecified atom stereocenters. The molecule has 13 heavy (non-hydrogen) atoms. The Bertz CT molecular complexity index is 326. The first-order valence-corrected chi connectivity index (χ1v) is 5.10. The number of benzene rings is 1. The van der Waals surface area contributed by atoms with Crippen molar-refractivity contribution in [2.24, 2.45) is 0 Å². The van der Waals surface area contributed by atoms with Crippen molar-refractivity contribution in [2.45, 2.75) is 5.33 Å². The Kier molecular flexibility index (Phi) is 3.75. The Morgan fingerprint density at radius 3 is 2.77 bits per heavy atom. The number of ether oxygens (including phenoxy) is 1. The summed E-state index contributed by atoms with van der Waals surface area (Å²) in [6, 6.07) is 3.52. The second kappa shape index (κ2) is 4.63. The normalized spacial score (nSPS) is 9.77. The van der Waals surface area contributed by atoms with Gasteiger partial charge in [-0.3, -0.25) is 4.79 Å². The van der Waals surface area contributed by atoms with Gasteiger partial charge in [-0.2, -0.15) is 0 Å². The van der Waals surface area contributed by atoms with Crippen LogP contribution in [-0.2, 0) is 5.33 Å². The SMILES string of the molecule is COc1cc(CBr)cc(Cl)c1C=O. The highest BCUT2D eigenvalue weighted by molar-refractivity contribution is 9.08. The maximum Gasteiger partial charge on any atom is 0.155 e. The van der Waals surface area contributed by atoms with Gasteiger partial charge < -0.3 is 4.74 Å². The first kappa shape index (κ1) is 10.5. The lowest BCUT2D eigenvalue weighted by atomic mass is 10.1. The summed E-state index contributed by atoms with van der Waals surface area (Å²) < 4.78 is 5.02. The molecule has 0 amide bonds. The molecule has 0 fully saturated rings. The maximum absolute atomic E-state index is 10.6. The number of methoxy groups -OCH3 is 1. The van der Waals surface area contributed by atoms with E-state index in [2.05, 4.69) is 15.9 Å². The maximum atomic E-state index is 10.6. The molecule has 1 rings (SSSR count). The van der Waals surface area contributed by atoms with Crippen LogP contribution in [0.15, 0.2) is 12.1 Å². The fourth-order valence-electron chi connectivity index (χ4n) is 1.01. The summed E-state index contributed by atoms with van der Waals surface area (Å²) in [5, 5.41) is 1.10. The summed E-state index contributed by atoms with van der Waals surface area (Å²) in [5.74, 6) is 0.511. The standard InChI is InChI=1S/C9H8BrClO2/c1-13-9-3-6(4-10)2-8(11)7(9)5-12/h2-3,5H,4H2,1H3. The van der Waals surface area contributed by atoms with Crippen LogP contribution in [0.2, 0.25) is 5.02 Å². The van der Waals surface area contributed by atoms with Crippen molar-refractivity contribution in [3.8, 4) is 5.75 Å². The molecule has 0 atom stereocenters. The van der Waals surface area contributed by atoms with Gasteiger partial charge in [0.25, 0.3) is 0 Å². The highest BCUT2D eigenvalue weighted by Crippen LogP contribution is 2.27. The molecule has 0 radical (unpaired) electrons. The van der Waals surface area contributed by atoms with Crippen LogP contribution in [0.5, 0.6) is 5.75 Å². The molecule has 0 aromatic heterocycles. The van der Waals surface area contributed by atoms with Gasteiger partial charge in [0.05, 0.1) is 17.7 Å². The van der Waals surface area contributed by atoms with Crippen LogP contribution in [0.25, 0.3) is 0 Å². The number of alkyl halides is 1. The van der Waals surface area contributed by atoms with E-state index >= 15 is 0 Å². The van der Waals surface area contributed by atoms with Crippen LogP contribution in [0, 0.1) is 0 Å². The fourth-order valence-corrected chi connectivity index (χ4v) is 1.61. The van der Waals surface area contributed by atoms with Gasteiger partial charge in [0.1, 0.15) is 5.75 Å². The molecule has 0 aliphatic carbocycles. The van der Waals surface area contributed by atoms with Crippen LogP contribution in [-0.4, -0.2) is 13.4 Å². The van der Waals surface area contributed by atoms with Gasteiger partial charge in [-0.25, -0.2) is 0 Å². The molecular formula is C9H8BrClO2. The number of halogens is 2. The zero-order valence-corrected chi connectivity index (χ0v) is 9.35. The van der Waals surface area contributed by atoms with Gasteiger partial charge in [-0.1, -0.05) is 27.5 Å². The Labute approximate surface area is 90.0 Å². The summed E-state index contributed by atoms with van der Waals surface area (Å²) in [6.45, 7) is 0. The quantitative estimate of drug-likeness (QED) is 0.619. The molecule has 0 saturated heterocycles. The summed E-state index contributed by atoms with van der Waals surface area (Å²) in [4.78, 5) is 10.6. The Balaban J connectivity index is 3.28. The summed E-state index contributed by atoms with van der Waals surface area (Å²) in [7, 11) is 1.51. The minimum absolute atomic E-state index is 0.397. The van der Waals surface area contributed by atoms with Crippen LogP contribution in [0.1, 0.15) is 15.9 Å². The van der Waals surface area contributed by atoms with E-state index in [0.29, 0.717) is 28.0 Å². The van der Waals surface area contributed by atoms with Crippen molar-refractivity contribution in [3.05, 3.63) is 28.3 Å². The number of carbonyl (C=O) groups excluding carboxylic acids is 1. The summed E-state index contributed by atoms with van der Waals surface area (Å²) in [5.41, 5.74) is 1.38. The molecule has 1 aromatic carbocycles. The number of hydrogen-bond acceptors (Lipinski definition) is 2. The van der Waals surface area contributed by atoms with E-state index in [-0.39, 0.29) is 0 Å². The molecule has 4 heteroatoms. The van der Waals surface area contributed by atoms with Gasteiger partial charge in [0, 0.05) is 5.33 Å². The predicted molar refractivity (Wildman–Crippen MR) is 56.0 cm³/mol. The summed E-state index contributed by atoms with van der Waals surface area (Å²) in [6.07, 6.45) is 0.694. The second-order valence-electron chi connectivity index (χ2n) is 2.45. The lowest BCUT2D eigenvalue weighted by molar-refractivity contribution is 0.112. The van der Waals surface area contributed by atoms with Crippen molar-refractivity contribution >= 4 is 33.8 Å². The van der Waals surface area contributed by atoms with E-state index in [1.807, 2.05) is 0 Å². The molecule has 0 spiro atoms. The number of rotatable bonds is 3. The smallest absolute Gasteiger partial charge is 0.155 e. The third kappa shape index (κ3) is 2.23. The van der Waals surface area contributed by atoms with Gasteiger partial charge in [-0.15, -0.1) is 0 Å². The van der Waals surface area contributed by atoms with Crippen LogP contribution in [0.4, 0.5) is 0 Å². The average molecular weight is 264 g/mol. The lowest BCUT2D eigenvalue weighted by Crippen LogP contribution is -1.93. The minimum Gasteiger partial charge on any atom is -0.496 e. The molecule has 1 aromatic rings. The van der Waals surface area contributed by atoms with Gasteiger partial charge >= 0.3 is 0 Å². The van der Waals surface area contributed by atoms with Crippen molar-refractivity contribution < 1.29 is 9.53 Å². The largest absolute Gasteiger partial charge is 0.496 e. The zero-order chi connectivity index (χ0) is 9.84. The Morgan fingerprint density at radius 1 is 1.62 bits per heavy atom. The Hall–Kier alpha value is -0.540. The first-order chi connectivity index (χ1) is 6.22. The van der Waals surface area contributed by atoms with Gasteiger partial charge in [-0.05, 0) is 17.7 Å². The van der Waals surface area contributed by atoms with Crippen LogP contribution >= 0.6 is 27.5 Å². The zero-order valence-electron chi connectivity index (χ0n) is 7.01. The number of aldehydes is 1. The molecule has 0 aliphatic rings. The molecule has 0 bridgehead atoms. The van der Waals surface area contributed by atoms with E-state index in [1.165, 1.54) is 7.11 Å². The van der Waals surface area contributed by atoms with Crippen molar-refractivity contribution in [1.29, 1.82) is 0 Å². The molecule has 0 saturated carbocycles. The van der Waals surface area contributed by atoms with Crippen molar-refractivity contribution in [2.75, 3.05) is 7.11 Å². The first-order valence-electron chi connectivity index (χ1n) is 3.60. The topological polar surface area (TPSA) is 26.3 Å². The molecule has 0 N–H and O–H groups in total. The molecule has 2 nitrogen and oxygen atoms in total. The van der Waals surface area contributed by atoms with Crippen LogP contribution < -0.4 is 4.74 Å². The summed E-state index contributed by atoms with van der Waals surface area (Å²) >= 11 is 9.16. The minimum atomic E-state index is 0.397. The third-order valence-electron chi connectivity index (χ3n) is 1.64. The number of carbonyl (C=O) groups is 1. The van der Waals surface area contributed by atoms with E-state index < -0.39 is 0 Å². The molecule has 0 heterocycles. The van der Waals surface area contributed by atoms with E-state index in [9.17, 15) is 4.79 Å². The van der Waals surface area contributed by atoms with Gasteiger partial charge in [0.15, 0.2) is 6.29 Å². The van der Waals surface area contributed by atoms with Crippen LogP contribution in [0.3, 0.4) is 0 Å². The monoisotopic (exact) mass is 262 g/mol. The molecule has 70 valence electrons. The second-order valence-corrected chi connectivity index (χ2v) is 3.41. The average Bonchev–Trinajstić information content (AvgIpc) is 2.16. The van der Waals surface area contributed by atoms with E-state index in [4.69, 9.17) is 16.3 Å². The van der Waals surface area contributed by atoms with E-state index in [1.54, 1.807) is 12.1 Å². The predicted octanol–water partition coefficient (Wildman–Crippen LogP) is 3.06. The molecular weight excluding hydrogens is 255 g/mol. The lowest BCUT2D eigenvalue weighted by Gasteiger charge is -2.07. The van der Waals surface area contributed by atoms with Gasteiger partial charge in [0.2, 0.25) is 0 Å². The molecule has 0 aliphatic heterocycles. The highest BCUT2D eigenvalue weighted by atomic mass is 79.9. The van der Waals surface area contributed by atoms with Crippen molar-refractivity contribution in [1.82, 2.24) is 0 Å². The van der Waals surface area contributed by atoms with Crippen molar-refractivity contribution in [3.63, 3.8) is 0 Å². The highest BCUT2D eigenvalue weighted by Gasteiger charge is 2.08. The fraction of sp³-hybridized carbons (Fsp3) is 0.222. The van der Waals surface area contributed by atoms with E-state index in [0.717, 1.165) is 5.56 Å². The Morgan fingerprint density at radius 2 is 2.31 bits per heavy atom.